The minimum absolute atomic E-state index is 0.0974. The Balaban J connectivity index is 2.63. The van der Waals surface area contributed by atoms with Gasteiger partial charge in [0.15, 0.2) is 5.82 Å². The second-order valence-electron chi connectivity index (χ2n) is 5.27. The number of nitrogens with zero attached hydrogens (tertiary/aromatic N) is 2. The van der Waals surface area contributed by atoms with Crippen LogP contribution in [0.5, 0.6) is 0 Å². The van der Waals surface area contributed by atoms with E-state index in [0.29, 0.717) is 16.0 Å². The molecule has 0 amide bonds. The molecular weight excluding hydrogens is 347 g/mol. The number of rotatable bonds is 1. The standard InChI is InChI=1S/C14H13BrCl2N2/c1-14(2,3)11-7-12(17)19-13(18-11)9-6-8(15)4-5-10(9)16/h4-7H,1-3H3. The van der Waals surface area contributed by atoms with Gasteiger partial charge in [-0.1, -0.05) is 59.9 Å². The Morgan fingerprint density at radius 3 is 2.37 bits per heavy atom. The normalized spacial score (nSPS) is 11.7. The lowest BCUT2D eigenvalue weighted by molar-refractivity contribution is 0.568. The zero-order chi connectivity index (χ0) is 14.2. The molecule has 0 N–H and O–H groups in total. The molecule has 0 aliphatic rings. The molecule has 19 heavy (non-hydrogen) atoms. The average molecular weight is 360 g/mol. The number of hydrogen-bond acceptors (Lipinski definition) is 2. The molecule has 0 saturated carbocycles. The summed E-state index contributed by atoms with van der Waals surface area (Å²) in [5.74, 6) is 0.545. The first-order valence-electron chi connectivity index (χ1n) is 5.78. The van der Waals surface area contributed by atoms with Crippen LogP contribution in [-0.2, 0) is 5.41 Å². The van der Waals surface area contributed by atoms with Crippen LogP contribution in [0.3, 0.4) is 0 Å². The molecule has 100 valence electrons. The number of hydrogen-bond donors (Lipinski definition) is 0. The van der Waals surface area contributed by atoms with Gasteiger partial charge in [0.05, 0.1) is 10.7 Å². The van der Waals surface area contributed by atoms with Crippen molar-refractivity contribution in [3.05, 3.63) is 44.6 Å². The van der Waals surface area contributed by atoms with Crippen LogP contribution in [0.15, 0.2) is 28.7 Å². The van der Waals surface area contributed by atoms with Crippen molar-refractivity contribution >= 4 is 39.1 Å². The molecule has 0 radical (unpaired) electrons. The van der Waals surface area contributed by atoms with Gasteiger partial charge in [0.25, 0.3) is 0 Å². The molecule has 2 rings (SSSR count). The van der Waals surface area contributed by atoms with Crippen molar-refractivity contribution in [2.45, 2.75) is 26.2 Å². The fourth-order valence-electron chi connectivity index (χ4n) is 1.59. The van der Waals surface area contributed by atoms with Gasteiger partial charge < -0.3 is 0 Å². The molecule has 0 saturated heterocycles. The van der Waals surface area contributed by atoms with Crippen LogP contribution < -0.4 is 0 Å². The predicted molar refractivity (Wildman–Crippen MR) is 83.9 cm³/mol. The molecule has 0 spiro atoms. The van der Waals surface area contributed by atoms with E-state index in [1.165, 1.54) is 0 Å². The van der Waals surface area contributed by atoms with Gasteiger partial charge in [-0.05, 0) is 24.3 Å². The largest absolute Gasteiger partial charge is 0.232 e. The fourth-order valence-corrected chi connectivity index (χ4v) is 2.34. The van der Waals surface area contributed by atoms with Crippen LogP contribution >= 0.6 is 39.1 Å². The summed E-state index contributed by atoms with van der Waals surface area (Å²) in [4.78, 5) is 8.84. The average Bonchev–Trinajstić information content (AvgIpc) is 2.30. The number of aromatic nitrogens is 2. The lowest BCUT2D eigenvalue weighted by Crippen LogP contribution is -2.14. The van der Waals surface area contributed by atoms with E-state index in [0.717, 1.165) is 15.7 Å². The Morgan fingerprint density at radius 1 is 1.05 bits per heavy atom. The summed E-state index contributed by atoms with van der Waals surface area (Å²) in [6.45, 7) is 6.24. The smallest absolute Gasteiger partial charge is 0.162 e. The summed E-state index contributed by atoms with van der Waals surface area (Å²) >= 11 is 15.7. The van der Waals surface area contributed by atoms with Crippen LogP contribution in [0.25, 0.3) is 11.4 Å². The van der Waals surface area contributed by atoms with Gasteiger partial charge in [-0.25, -0.2) is 9.97 Å². The molecule has 0 unspecified atom stereocenters. The SMILES string of the molecule is CC(C)(C)c1cc(Cl)nc(-c2cc(Br)ccc2Cl)n1. The van der Waals surface area contributed by atoms with Crippen LogP contribution in [0.2, 0.25) is 10.2 Å². The lowest BCUT2D eigenvalue weighted by atomic mass is 9.92. The van der Waals surface area contributed by atoms with Crippen molar-refractivity contribution in [1.29, 1.82) is 0 Å². The molecular formula is C14H13BrCl2N2. The van der Waals surface area contributed by atoms with Crippen molar-refractivity contribution < 1.29 is 0 Å². The van der Waals surface area contributed by atoms with E-state index < -0.39 is 0 Å². The molecule has 2 aromatic rings. The molecule has 2 nitrogen and oxygen atoms in total. The Morgan fingerprint density at radius 2 is 1.74 bits per heavy atom. The van der Waals surface area contributed by atoms with Crippen LogP contribution in [-0.4, -0.2) is 9.97 Å². The highest BCUT2D eigenvalue weighted by Gasteiger charge is 2.19. The van der Waals surface area contributed by atoms with Crippen molar-refractivity contribution in [3.63, 3.8) is 0 Å². The van der Waals surface area contributed by atoms with Gasteiger partial charge >= 0.3 is 0 Å². The van der Waals surface area contributed by atoms with Crippen molar-refractivity contribution in [1.82, 2.24) is 9.97 Å². The number of benzene rings is 1. The molecule has 1 aromatic carbocycles. The van der Waals surface area contributed by atoms with Crippen LogP contribution in [0.1, 0.15) is 26.5 Å². The van der Waals surface area contributed by atoms with Gasteiger partial charge in [-0.3, -0.25) is 0 Å². The molecule has 0 bridgehead atoms. The monoisotopic (exact) mass is 358 g/mol. The highest BCUT2D eigenvalue weighted by atomic mass is 79.9. The van der Waals surface area contributed by atoms with Gasteiger partial charge in [0.2, 0.25) is 0 Å². The van der Waals surface area contributed by atoms with Gasteiger partial charge in [-0.15, -0.1) is 0 Å². The van der Waals surface area contributed by atoms with E-state index in [9.17, 15) is 0 Å². The Bertz CT molecular complexity index is 621. The number of halogens is 3. The summed E-state index contributed by atoms with van der Waals surface area (Å²) in [7, 11) is 0. The van der Waals surface area contributed by atoms with Gasteiger partial charge in [0, 0.05) is 15.5 Å². The molecule has 0 aliphatic heterocycles. The van der Waals surface area contributed by atoms with Gasteiger partial charge in [0.1, 0.15) is 5.15 Å². The maximum atomic E-state index is 6.21. The molecule has 1 aromatic heterocycles. The maximum absolute atomic E-state index is 6.21. The molecule has 0 aliphatic carbocycles. The summed E-state index contributed by atoms with van der Waals surface area (Å²) in [6, 6.07) is 7.36. The highest BCUT2D eigenvalue weighted by Crippen LogP contribution is 2.31. The van der Waals surface area contributed by atoms with Crippen molar-refractivity contribution in [2.75, 3.05) is 0 Å². The van der Waals surface area contributed by atoms with E-state index >= 15 is 0 Å². The first-order chi connectivity index (χ1) is 8.77. The van der Waals surface area contributed by atoms with Crippen molar-refractivity contribution in [3.8, 4) is 11.4 Å². The maximum Gasteiger partial charge on any atom is 0.162 e. The third-order valence-electron chi connectivity index (χ3n) is 2.63. The summed E-state index contributed by atoms with van der Waals surface area (Å²) in [5, 5.41) is 1.02. The molecule has 0 atom stereocenters. The van der Waals surface area contributed by atoms with E-state index in [-0.39, 0.29) is 5.41 Å². The highest BCUT2D eigenvalue weighted by molar-refractivity contribution is 9.10. The molecule has 5 heteroatoms. The third-order valence-corrected chi connectivity index (χ3v) is 3.65. The minimum Gasteiger partial charge on any atom is -0.232 e. The quantitative estimate of drug-likeness (QED) is 0.627. The predicted octanol–water partition coefficient (Wildman–Crippen LogP) is 5.51. The first-order valence-corrected chi connectivity index (χ1v) is 7.33. The Labute approximate surface area is 131 Å². The van der Waals surface area contributed by atoms with E-state index in [4.69, 9.17) is 23.2 Å². The van der Waals surface area contributed by atoms with E-state index in [1.807, 2.05) is 18.2 Å². The zero-order valence-corrected chi connectivity index (χ0v) is 13.9. The van der Waals surface area contributed by atoms with E-state index in [2.05, 4.69) is 46.7 Å². The minimum atomic E-state index is -0.0974. The molecule has 0 fully saturated rings. The zero-order valence-electron chi connectivity index (χ0n) is 10.8. The van der Waals surface area contributed by atoms with Crippen molar-refractivity contribution in [2.24, 2.45) is 0 Å². The second-order valence-corrected chi connectivity index (χ2v) is 6.98. The second kappa shape index (κ2) is 5.39. The first kappa shape index (κ1) is 14.8. The lowest BCUT2D eigenvalue weighted by Gasteiger charge is -2.18. The topological polar surface area (TPSA) is 25.8 Å². The third kappa shape index (κ3) is 3.47. The summed E-state index contributed by atoms with van der Waals surface area (Å²) < 4.78 is 0.924. The fraction of sp³-hybridized carbons (Fsp3) is 0.286. The van der Waals surface area contributed by atoms with Gasteiger partial charge in [-0.2, -0.15) is 0 Å². The Kier molecular flexibility index (Phi) is 4.19. The summed E-state index contributed by atoms with van der Waals surface area (Å²) in [6.07, 6.45) is 0. The van der Waals surface area contributed by atoms with Crippen LogP contribution in [0.4, 0.5) is 0 Å². The van der Waals surface area contributed by atoms with Crippen LogP contribution in [0, 0.1) is 0 Å². The summed E-state index contributed by atoms with van der Waals surface area (Å²) in [5.41, 5.74) is 1.56. The Hall–Kier alpha value is -0.640. The molecule has 1 heterocycles. The van der Waals surface area contributed by atoms with E-state index in [1.54, 1.807) is 6.07 Å².